The molecule has 0 aromatic carbocycles. The number of aromatic nitrogens is 2. The van der Waals surface area contributed by atoms with Gasteiger partial charge in [0.2, 0.25) is 11.3 Å². The summed E-state index contributed by atoms with van der Waals surface area (Å²) in [5.74, 6) is -2.55. The van der Waals surface area contributed by atoms with Gasteiger partial charge in [0.25, 0.3) is 0 Å². The Bertz CT molecular complexity index is 768. The molecule has 0 saturated heterocycles. The number of pyridine rings is 1. The van der Waals surface area contributed by atoms with E-state index in [0.717, 1.165) is 4.40 Å². The molecule has 2 aromatic heterocycles. The monoisotopic (exact) mass is 378 g/mol. The Hall–Kier alpha value is -1.41. The molecular weight excluding hydrogens is 367 g/mol. The Kier molecular flexibility index (Phi) is 4.12. The van der Waals surface area contributed by atoms with E-state index in [1.54, 1.807) is 6.92 Å². The van der Waals surface area contributed by atoms with Crippen LogP contribution in [0.25, 0.3) is 5.65 Å². The molecule has 0 aliphatic heterocycles. The number of nitrogens with zero attached hydrogens (tertiary/aromatic N) is 2. The molecule has 1 atom stereocenters. The second kappa shape index (κ2) is 5.42. The second-order valence-corrected chi connectivity index (χ2v) is 6.77. The third-order valence-corrected chi connectivity index (χ3v) is 4.59. The molecule has 0 aliphatic carbocycles. The van der Waals surface area contributed by atoms with Crippen molar-refractivity contribution in [2.45, 2.75) is 19.3 Å². The van der Waals surface area contributed by atoms with Crippen LogP contribution in [0, 0.1) is 0 Å². The Morgan fingerprint density at radius 1 is 1.52 bits per heavy atom. The molecule has 2 rings (SSSR count). The molecule has 1 unspecified atom stereocenters. The lowest BCUT2D eigenvalue weighted by Crippen LogP contribution is -2.12. The largest absolute Gasteiger partial charge is 0.492 e. The van der Waals surface area contributed by atoms with Crippen LogP contribution in [-0.2, 0) is 9.36 Å². The maximum Gasteiger partial charge on any atom is 0.380 e. The van der Waals surface area contributed by atoms with Crippen molar-refractivity contribution in [2.75, 3.05) is 0 Å². The SMILES string of the molecule is CCC(C(=O)O)c1cn2c(O)c(P(=O)(O)O)nc2cc1Br. The highest BCUT2D eigenvalue weighted by Gasteiger charge is 2.29. The summed E-state index contributed by atoms with van der Waals surface area (Å²) >= 11 is 3.22. The highest BCUT2D eigenvalue weighted by molar-refractivity contribution is 9.10. The number of carboxylic acid groups (broad SMARTS) is 1. The van der Waals surface area contributed by atoms with E-state index in [1.807, 2.05) is 0 Å². The van der Waals surface area contributed by atoms with Gasteiger partial charge in [-0.15, -0.1) is 0 Å². The number of imidazole rings is 1. The standard InChI is InChI=1S/C11H12BrN2O6P/c1-2-5(11(16)17)6-4-14-8(3-7(6)12)13-9(10(14)15)21(18,19)20/h3-5,15H,2H2,1H3,(H,16,17)(H2,18,19,20). The first-order valence-corrected chi connectivity index (χ1v) is 8.26. The highest BCUT2D eigenvalue weighted by Crippen LogP contribution is 2.38. The normalized spacial score (nSPS) is 13.5. The fraction of sp³-hybridized carbons (Fsp3) is 0.273. The van der Waals surface area contributed by atoms with Crippen LogP contribution in [-0.4, -0.2) is 35.4 Å². The summed E-state index contributed by atoms with van der Waals surface area (Å²) in [7, 11) is -4.72. The van der Waals surface area contributed by atoms with Crippen LogP contribution in [0.4, 0.5) is 0 Å². The smallest absolute Gasteiger partial charge is 0.380 e. The molecule has 0 spiro atoms. The fourth-order valence-electron chi connectivity index (χ4n) is 2.03. The van der Waals surface area contributed by atoms with E-state index in [2.05, 4.69) is 20.9 Å². The molecule has 0 saturated carbocycles. The summed E-state index contributed by atoms with van der Waals surface area (Å²) in [6, 6.07) is 1.40. The van der Waals surface area contributed by atoms with Gasteiger partial charge >= 0.3 is 13.6 Å². The lowest BCUT2D eigenvalue weighted by molar-refractivity contribution is -0.138. The van der Waals surface area contributed by atoms with E-state index in [4.69, 9.17) is 9.79 Å². The quantitative estimate of drug-likeness (QED) is 0.587. The molecule has 8 nitrogen and oxygen atoms in total. The molecule has 0 aliphatic rings. The van der Waals surface area contributed by atoms with Gasteiger partial charge in [-0.3, -0.25) is 13.8 Å². The minimum absolute atomic E-state index is 0.0988. The van der Waals surface area contributed by atoms with Gasteiger partial charge in [-0.2, -0.15) is 0 Å². The van der Waals surface area contributed by atoms with E-state index >= 15 is 0 Å². The van der Waals surface area contributed by atoms with Gasteiger partial charge in [-0.05, 0) is 18.1 Å². The number of halogens is 1. The molecular formula is C11H12BrN2O6P. The van der Waals surface area contributed by atoms with Crippen LogP contribution in [0.3, 0.4) is 0 Å². The van der Waals surface area contributed by atoms with Gasteiger partial charge in [0.15, 0.2) is 0 Å². The summed E-state index contributed by atoms with van der Waals surface area (Å²) < 4.78 is 12.7. The summed E-state index contributed by atoms with van der Waals surface area (Å²) in [4.78, 5) is 33.2. The Labute approximate surface area is 127 Å². The van der Waals surface area contributed by atoms with Crippen molar-refractivity contribution in [3.63, 3.8) is 0 Å². The van der Waals surface area contributed by atoms with Gasteiger partial charge in [-0.25, -0.2) is 4.98 Å². The minimum Gasteiger partial charge on any atom is -0.492 e. The van der Waals surface area contributed by atoms with Gasteiger partial charge in [0.1, 0.15) is 5.65 Å². The summed E-state index contributed by atoms with van der Waals surface area (Å²) in [6.45, 7) is 1.70. The number of fused-ring (bicyclic) bond motifs is 1. The number of aromatic hydroxyl groups is 1. The fourth-order valence-corrected chi connectivity index (χ4v) is 3.22. The molecule has 0 amide bonds. The predicted octanol–water partition coefficient (Wildman–Crippen LogP) is 1.18. The van der Waals surface area contributed by atoms with Gasteiger partial charge in [-0.1, -0.05) is 22.9 Å². The zero-order valence-electron chi connectivity index (χ0n) is 10.8. The van der Waals surface area contributed by atoms with E-state index < -0.39 is 30.8 Å². The van der Waals surface area contributed by atoms with Gasteiger partial charge in [0, 0.05) is 10.7 Å². The van der Waals surface area contributed by atoms with Crippen LogP contribution in [0.15, 0.2) is 16.7 Å². The van der Waals surface area contributed by atoms with Crippen molar-refractivity contribution in [3.05, 3.63) is 22.3 Å². The third-order valence-electron chi connectivity index (χ3n) is 3.05. The molecule has 0 fully saturated rings. The molecule has 0 bridgehead atoms. The molecule has 10 heteroatoms. The zero-order chi connectivity index (χ0) is 15.9. The van der Waals surface area contributed by atoms with Crippen molar-refractivity contribution in [1.82, 2.24) is 9.38 Å². The van der Waals surface area contributed by atoms with Crippen molar-refractivity contribution in [3.8, 4) is 5.88 Å². The first-order chi connectivity index (χ1) is 9.66. The molecule has 2 aromatic rings. The average molecular weight is 379 g/mol. The molecule has 0 radical (unpaired) electrons. The first kappa shape index (κ1) is 16.0. The topological polar surface area (TPSA) is 132 Å². The van der Waals surface area contributed by atoms with Crippen molar-refractivity contribution < 1.29 is 29.4 Å². The summed E-state index contributed by atoms with van der Waals surface area (Å²) in [5, 5.41) is 19.1. The van der Waals surface area contributed by atoms with E-state index in [9.17, 15) is 19.6 Å². The molecule has 114 valence electrons. The van der Waals surface area contributed by atoms with Gasteiger partial charge < -0.3 is 20.0 Å². The predicted molar refractivity (Wildman–Crippen MR) is 76.9 cm³/mol. The summed E-state index contributed by atoms with van der Waals surface area (Å²) in [5.41, 5.74) is -0.265. The van der Waals surface area contributed by atoms with Crippen LogP contribution >= 0.6 is 23.5 Å². The number of carbonyl (C=O) groups is 1. The van der Waals surface area contributed by atoms with Gasteiger partial charge in [0.05, 0.1) is 5.92 Å². The Balaban J connectivity index is 2.73. The molecule has 21 heavy (non-hydrogen) atoms. The Morgan fingerprint density at radius 2 is 2.14 bits per heavy atom. The van der Waals surface area contributed by atoms with Crippen molar-refractivity contribution in [1.29, 1.82) is 0 Å². The van der Waals surface area contributed by atoms with E-state index in [-0.39, 0.29) is 5.65 Å². The lowest BCUT2D eigenvalue weighted by atomic mass is 9.98. The van der Waals surface area contributed by atoms with Crippen LogP contribution < -0.4 is 5.44 Å². The summed E-state index contributed by atoms with van der Waals surface area (Å²) in [6.07, 6.45) is 1.63. The van der Waals surface area contributed by atoms with Crippen LogP contribution in [0.2, 0.25) is 0 Å². The highest BCUT2D eigenvalue weighted by atomic mass is 79.9. The van der Waals surface area contributed by atoms with Crippen molar-refractivity contribution >= 4 is 40.6 Å². The zero-order valence-corrected chi connectivity index (χ0v) is 13.2. The number of aliphatic carboxylic acids is 1. The minimum atomic E-state index is -4.72. The maximum absolute atomic E-state index is 11.2. The van der Waals surface area contributed by atoms with E-state index in [1.165, 1.54) is 12.3 Å². The first-order valence-electron chi connectivity index (χ1n) is 5.86. The Morgan fingerprint density at radius 3 is 2.62 bits per heavy atom. The third kappa shape index (κ3) is 2.82. The number of carboxylic acids is 1. The molecule has 2 heterocycles. The number of rotatable bonds is 4. The maximum atomic E-state index is 11.2. The average Bonchev–Trinajstić information content (AvgIpc) is 2.67. The lowest BCUT2D eigenvalue weighted by Gasteiger charge is -2.12. The van der Waals surface area contributed by atoms with Crippen LogP contribution in [0.5, 0.6) is 5.88 Å². The molecule has 4 N–H and O–H groups in total. The van der Waals surface area contributed by atoms with Crippen LogP contribution in [0.1, 0.15) is 24.8 Å². The number of hydrogen-bond acceptors (Lipinski definition) is 4. The van der Waals surface area contributed by atoms with Crippen molar-refractivity contribution in [2.24, 2.45) is 0 Å². The second-order valence-electron chi connectivity index (χ2n) is 4.41. The number of hydrogen-bond donors (Lipinski definition) is 4. The van der Waals surface area contributed by atoms with E-state index in [0.29, 0.717) is 16.5 Å².